The normalized spacial score (nSPS) is 38.3. The molecular weight excluding hydrogens is 388 g/mol. The molecule has 2 N–H and O–H groups in total. The molecule has 2 heterocycles. The van der Waals surface area contributed by atoms with Gasteiger partial charge >= 0.3 is 5.97 Å². The van der Waals surface area contributed by atoms with Crippen LogP contribution in [-0.4, -0.2) is 56.0 Å². The average molecular weight is 426 g/mol. The van der Waals surface area contributed by atoms with Crippen molar-refractivity contribution in [2.75, 3.05) is 37.6 Å². The Kier molecular flexibility index (Phi) is 5.38. The number of esters is 1. The maximum atomic E-state index is 12.9. The highest BCUT2D eigenvalue weighted by Crippen LogP contribution is 2.55. The molecule has 0 amide bonds. The molecule has 2 aliphatic heterocycles. The van der Waals surface area contributed by atoms with Crippen LogP contribution in [0.15, 0.2) is 35.9 Å². The summed E-state index contributed by atoms with van der Waals surface area (Å²) in [6.45, 7) is 11.4. The van der Waals surface area contributed by atoms with Gasteiger partial charge in [0.05, 0.1) is 38.8 Å². The molecule has 0 aromatic heterocycles. The number of piperazine rings is 1. The van der Waals surface area contributed by atoms with Gasteiger partial charge in [0.15, 0.2) is 0 Å². The van der Waals surface area contributed by atoms with E-state index in [1.165, 1.54) is 21.7 Å². The molecule has 168 valence electrons. The highest BCUT2D eigenvalue weighted by Gasteiger charge is 2.60. The number of quaternary nitrogens is 1. The number of carbonyl (C=O) groups is 1. The molecule has 0 unspecified atom stereocenters. The molecule has 3 fully saturated rings. The van der Waals surface area contributed by atoms with E-state index in [1.54, 1.807) is 0 Å². The summed E-state index contributed by atoms with van der Waals surface area (Å²) in [4.78, 5) is 16.8. The van der Waals surface area contributed by atoms with Gasteiger partial charge in [-0.3, -0.25) is 4.79 Å². The topological polar surface area (TPSA) is 54.2 Å². The van der Waals surface area contributed by atoms with Gasteiger partial charge in [0, 0.05) is 23.4 Å². The lowest BCUT2D eigenvalue weighted by molar-refractivity contribution is -0.903. The third-order valence-electron chi connectivity index (χ3n) is 8.92. The van der Waals surface area contributed by atoms with Crippen molar-refractivity contribution in [2.24, 2.45) is 23.2 Å². The molecule has 2 saturated heterocycles. The van der Waals surface area contributed by atoms with Crippen LogP contribution in [0.4, 0.5) is 5.69 Å². The maximum Gasteiger partial charge on any atom is 0.315 e. The molecule has 6 atom stereocenters. The Bertz CT molecular complexity index is 875. The first kappa shape index (κ1) is 21.0. The first-order valence-electron chi connectivity index (χ1n) is 12.1. The minimum Gasteiger partial charge on any atom is -0.461 e. The van der Waals surface area contributed by atoms with E-state index in [9.17, 15) is 9.90 Å². The number of hydrogen-bond donors (Lipinski definition) is 2. The number of benzene rings is 1. The second kappa shape index (κ2) is 7.93. The second-order valence-electron chi connectivity index (χ2n) is 10.6. The summed E-state index contributed by atoms with van der Waals surface area (Å²) in [7, 11) is 0. The van der Waals surface area contributed by atoms with E-state index in [2.05, 4.69) is 56.0 Å². The number of anilines is 1. The second-order valence-corrected chi connectivity index (χ2v) is 10.6. The highest BCUT2D eigenvalue weighted by atomic mass is 16.6. The van der Waals surface area contributed by atoms with Gasteiger partial charge in [-0.2, -0.15) is 0 Å². The first-order chi connectivity index (χ1) is 14.9. The SMILES string of the molecule is Cc1cccc(N2CC[NH+](C[C@H]3C(=O)O[C@@H]4CC5=CCC[C@H](C)[C@@]5(C)[C@@H](O)[C@@H]43)CC2)c1. The number of allylic oxidation sites excluding steroid dienone is 1. The van der Waals surface area contributed by atoms with Crippen LogP contribution in [0, 0.1) is 30.1 Å². The molecule has 31 heavy (non-hydrogen) atoms. The molecule has 5 heteroatoms. The minimum atomic E-state index is -0.503. The lowest BCUT2D eigenvalue weighted by Crippen LogP contribution is -3.15. The Morgan fingerprint density at radius 1 is 1.29 bits per heavy atom. The molecule has 1 saturated carbocycles. The van der Waals surface area contributed by atoms with Gasteiger partial charge in [0.25, 0.3) is 0 Å². The van der Waals surface area contributed by atoms with Crippen molar-refractivity contribution in [1.82, 2.24) is 0 Å². The van der Waals surface area contributed by atoms with Gasteiger partial charge in [0.2, 0.25) is 0 Å². The number of aryl methyl sites for hydroxylation is 1. The molecule has 5 nitrogen and oxygen atoms in total. The number of nitrogens with zero attached hydrogens (tertiary/aromatic N) is 1. The van der Waals surface area contributed by atoms with Gasteiger partial charge < -0.3 is 19.6 Å². The van der Waals surface area contributed by atoms with Crippen LogP contribution in [0.3, 0.4) is 0 Å². The Morgan fingerprint density at radius 2 is 2.06 bits per heavy atom. The van der Waals surface area contributed by atoms with Gasteiger partial charge in [-0.1, -0.05) is 37.6 Å². The van der Waals surface area contributed by atoms with E-state index in [-0.39, 0.29) is 29.3 Å². The van der Waals surface area contributed by atoms with Crippen molar-refractivity contribution < 1.29 is 19.5 Å². The molecule has 0 radical (unpaired) electrons. The molecule has 0 bridgehead atoms. The number of aliphatic hydroxyl groups excluding tert-OH is 1. The zero-order valence-corrected chi connectivity index (χ0v) is 19.1. The molecule has 5 rings (SSSR count). The first-order valence-corrected chi connectivity index (χ1v) is 12.1. The van der Waals surface area contributed by atoms with Crippen molar-refractivity contribution in [3.63, 3.8) is 0 Å². The number of hydrogen-bond acceptors (Lipinski definition) is 4. The molecule has 2 aliphatic carbocycles. The summed E-state index contributed by atoms with van der Waals surface area (Å²) in [5, 5.41) is 11.5. The zero-order valence-electron chi connectivity index (χ0n) is 19.1. The van der Waals surface area contributed by atoms with E-state index >= 15 is 0 Å². The van der Waals surface area contributed by atoms with Gasteiger partial charge in [-0.25, -0.2) is 0 Å². The summed E-state index contributed by atoms with van der Waals surface area (Å²) in [5.41, 5.74) is 3.68. The molecular formula is C26H37N2O3+. The lowest BCUT2D eigenvalue weighted by Gasteiger charge is -2.51. The highest BCUT2D eigenvalue weighted by molar-refractivity contribution is 5.76. The monoisotopic (exact) mass is 425 g/mol. The summed E-state index contributed by atoms with van der Waals surface area (Å²) in [5.74, 6) is 0.0914. The minimum absolute atomic E-state index is 0.0718. The van der Waals surface area contributed by atoms with Gasteiger partial charge in [-0.15, -0.1) is 0 Å². The van der Waals surface area contributed by atoms with Crippen molar-refractivity contribution in [3.05, 3.63) is 41.5 Å². The van der Waals surface area contributed by atoms with E-state index in [1.807, 2.05) is 0 Å². The fourth-order valence-electron chi connectivity index (χ4n) is 6.72. The van der Waals surface area contributed by atoms with E-state index in [4.69, 9.17) is 4.74 Å². The number of nitrogens with one attached hydrogen (secondary N) is 1. The largest absolute Gasteiger partial charge is 0.461 e. The van der Waals surface area contributed by atoms with Crippen molar-refractivity contribution >= 4 is 11.7 Å². The smallest absolute Gasteiger partial charge is 0.315 e. The number of fused-ring (bicyclic) bond motifs is 2. The summed E-state index contributed by atoms with van der Waals surface area (Å²) < 4.78 is 5.86. The number of ether oxygens (including phenoxy) is 1. The number of carbonyl (C=O) groups excluding carboxylic acids is 1. The fourth-order valence-corrected chi connectivity index (χ4v) is 6.72. The van der Waals surface area contributed by atoms with Crippen LogP contribution in [-0.2, 0) is 9.53 Å². The van der Waals surface area contributed by atoms with Gasteiger partial charge in [0.1, 0.15) is 12.0 Å². The molecule has 4 aliphatic rings. The fraction of sp³-hybridized carbons (Fsp3) is 0.654. The predicted molar refractivity (Wildman–Crippen MR) is 121 cm³/mol. The number of aliphatic hydroxyl groups is 1. The molecule has 0 spiro atoms. The summed E-state index contributed by atoms with van der Waals surface area (Å²) in [6, 6.07) is 8.70. The van der Waals surface area contributed by atoms with Crippen LogP contribution >= 0.6 is 0 Å². The van der Waals surface area contributed by atoms with Crippen LogP contribution in [0.5, 0.6) is 0 Å². The third kappa shape index (κ3) is 3.50. The molecule has 1 aromatic carbocycles. The Balaban J connectivity index is 1.28. The summed E-state index contributed by atoms with van der Waals surface area (Å²) in [6.07, 6.45) is 4.64. The van der Waals surface area contributed by atoms with E-state index in [0.717, 1.165) is 52.0 Å². The van der Waals surface area contributed by atoms with E-state index in [0.29, 0.717) is 5.92 Å². The Morgan fingerprint density at radius 3 is 2.81 bits per heavy atom. The van der Waals surface area contributed by atoms with E-state index < -0.39 is 6.10 Å². The number of rotatable bonds is 3. The standard InChI is InChI=1S/C26H36N2O3/c1-17-6-4-9-20(14-17)28-12-10-27(11-13-28)16-21-23-22(31-25(21)30)15-19-8-5-7-18(2)26(19,3)24(23)29/h4,6,8-9,14,18,21-24,29H,5,7,10-13,15-16H2,1-3H3/p+1/t18-,21+,22+,23+,24-,26+/m0/s1. The van der Waals surface area contributed by atoms with Crippen LogP contribution < -0.4 is 9.80 Å². The predicted octanol–water partition coefficient (Wildman–Crippen LogP) is 1.98. The Hall–Kier alpha value is -1.85. The maximum absolute atomic E-state index is 12.9. The summed E-state index contributed by atoms with van der Waals surface area (Å²) >= 11 is 0. The van der Waals surface area contributed by atoms with Crippen molar-refractivity contribution in [2.45, 2.75) is 52.2 Å². The van der Waals surface area contributed by atoms with Crippen molar-refractivity contribution in [1.29, 1.82) is 0 Å². The third-order valence-corrected chi connectivity index (χ3v) is 8.92. The zero-order chi connectivity index (χ0) is 21.8. The Labute approximate surface area is 186 Å². The van der Waals surface area contributed by atoms with Crippen LogP contribution in [0.25, 0.3) is 0 Å². The van der Waals surface area contributed by atoms with Crippen LogP contribution in [0.1, 0.15) is 38.7 Å². The average Bonchev–Trinajstić information content (AvgIpc) is 3.06. The van der Waals surface area contributed by atoms with Crippen molar-refractivity contribution in [3.8, 4) is 0 Å². The quantitative estimate of drug-likeness (QED) is 0.575. The molecule has 1 aromatic rings. The van der Waals surface area contributed by atoms with Crippen LogP contribution in [0.2, 0.25) is 0 Å². The van der Waals surface area contributed by atoms with Gasteiger partial charge in [-0.05, 0) is 43.4 Å². The lowest BCUT2D eigenvalue weighted by atomic mass is 9.55.